The maximum absolute atomic E-state index is 13.7. The molecular weight excluding hydrogens is 217 g/mol. The van der Waals surface area contributed by atoms with Gasteiger partial charge in [0.1, 0.15) is 5.82 Å². The first-order valence-corrected chi connectivity index (χ1v) is 6.07. The molecule has 0 atom stereocenters. The Bertz CT molecular complexity index is 373. The Hall–Kier alpha value is -0.970. The summed E-state index contributed by atoms with van der Waals surface area (Å²) in [6, 6.07) is 5.16. The minimum atomic E-state index is -0.124. The topological polar surface area (TPSA) is 32.5 Å². The van der Waals surface area contributed by atoms with Crippen LogP contribution in [0.2, 0.25) is 0 Å². The average molecular weight is 237 g/mol. The highest BCUT2D eigenvalue weighted by atomic mass is 19.1. The van der Waals surface area contributed by atoms with Crippen molar-refractivity contribution in [1.82, 2.24) is 9.80 Å². The highest BCUT2D eigenvalue weighted by Crippen LogP contribution is 2.14. The molecule has 4 heteroatoms. The average Bonchev–Trinajstić information content (AvgIpc) is 2.35. The fourth-order valence-electron chi connectivity index (χ4n) is 2.12. The summed E-state index contributed by atoms with van der Waals surface area (Å²) < 4.78 is 13.7. The lowest BCUT2D eigenvalue weighted by atomic mass is 10.1. The summed E-state index contributed by atoms with van der Waals surface area (Å²) in [4.78, 5) is 4.59. The highest BCUT2D eigenvalue weighted by molar-refractivity contribution is 5.25. The van der Waals surface area contributed by atoms with Crippen LogP contribution < -0.4 is 5.73 Å². The molecule has 0 aliphatic carbocycles. The zero-order valence-electron chi connectivity index (χ0n) is 10.3. The second-order valence-corrected chi connectivity index (χ2v) is 4.71. The van der Waals surface area contributed by atoms with E-state index in [1.165, 1.54) is 6.07 Å². The van der Waals surface area contributed by atoms with E-state index >= 15 is 0 Å². The lowest BCUT2D eigenvalue weighted by Gasteiger charge is -2.32. The van der Waals surface area contributed by atoms with E-state index in [0.29, 0.717) is 13.1 Å². The lowest BCUT2D eigenvalue weighted by Crippen LogP contribution is -2.44. The number of hydrogen-bond donors (Lipinski definition) is 1. The second kappa shape index (κ2) is 5.58. The summed E-state index contributed by atoms with van der Waals surface area (Å²) in [5.74, 6) is -0.124. The monoisotopic (exact) mass is 237 g/mol. The van der Waals surface area contributed by atoms with Gasteiger partial charge in [-0.05, 0) is 18.7 Å². The molecule has 2 N–H and O–H groups in total. The molecule has 17 heavy (non-hydrogen) atoms. The molecule has 1 saturated heterocycles. The van der Waals surface area contributed by atoms with E-state index in [1.807, 2.05) is 6.07 Å². The van der Waals surface area contributed by atoms with E-state index < -0.39 is 0 Å². The highest BCUT2D eigenvalue weighted by Gasteiger charge is 2.15. The second-order valence-electron chi connectivity index (χ2n) is 4.71. The number of rotatable bonds is 3. The van der Waals surface area contributed by atoms with Crippen molar-refractivity contribution in [2.75, 3.05) is 33.2 Å². The molecular formula is C13H20FN3. The van der Waals surface area contributed by atoms with Crippen LogP contribution in [0.5, 0.6) is 0 Å². The van der Waals surface area contributed by atoms with Gasteiger partial charge < -0.3 is 10.6 Å². The van der Waals surface area contributed by atoms with E-state index in [-0.39, 0.29) is 5.82 Å². The smallest absolute Gasteiger partial charge is 0.127 e. The Balaban J connectivity index is 2.02. The molecule has 1 aromatic carbocycles. The molecule has 1 aliphatic heterocycles. The van der Waals surface area contributed by atoms with Gasteiger partial charge in [0.15, 0.2) is 0 Å². The molecule has 1 aromatic rings. The van der Waals surface area contributed by atoms with Crippen LogP contribution in [0.1, 0.15) is 11.1 Å². The minimum absolute atomic E-state index is 0.124. The molecule has 0 saturated carbocycles. The van der Waals surface area contributed by atoms with Crippen LogP contribution in [0.25, 0.3) is 0 Å². The third kappa shape index (κ3) is 3.25. The fraction of sp³-hybridized carbons (Fsp3) is 0.538. The third-order valence-corrected chi connectivity index (χ3v) is 3.34. The van der Waals surface area contributed by atoms with Gasteiger partial charge >= 0.3 is 0 Å². The summed E-state index contributed by atoms with van der Waals surface area (Å²) >= 11 is 0. The number of benzene rings is 1. The summed E-state index contributed by atoms with van der Waals surface area (Å²) in [7, 11) is 2.12. The number of hydrogen-bond acceptors (Lipinski definition) is 3. The van der Waals surface area contributed by atoms with Gasteiger partial charge in [-0.15, -0.1) is 0 Å². The Kier molecular flexibility index (Phi) is 4.10. The molecule has 1 aliphatic rings. The predicted octanol–water partition coefficient (Wildman–Crippen LogP) is 1.03. The maximum Gasteiger partial charge on any atom is 0.127 e. The van der Waals surface area contributed by atoms with Crippen molar-refractivity contribution in [2.45, 2.75) is 13.1 Å². The van der Waals surface area contributed by atoms with Crippen molar-refractivity contribution in [2.24, 2.45) is 5.73 Å². The molecule has 2 rings (SSSR count). The van der Waals surface area contributed by atoms with Crippen LogP contribution in [-0.4, -0.2) is 43.0 Å². The van der Waals surface area contributed by atoms with Crippen LogP contribution in [0.15, 0.2) is 18.2 Å². The van der Waals surface area contributed by atoms with Gasteiger partial charge in [-0.2, -0.15) is 0 Å². The van der Waals surface area contributed by atoms with E-state index in [1.54, 1.807) is 6.07 Å². The third-order valence-electron chi connectivity index (χ3n) is 3.34. The summed E-state index contributed by atoms with van der Waals surface area (Å²) in [6.07, 6.45) is 0. The van der Waals surface area contributed by atoms with Crippen LogP contribution in [0.4, 0.5) is 4.39 Å². The number of piperazine rings is 1. The SMILES string of the molecule is CN1CCN(Cc2cc(CN)ccc2F)CC1. The minimum Gasteiger partial charge on any atom is -0.326 e. The lowest BCUT2D eigenvalue weighted by molar-refractivity contribution is 0.147. The normalized spacial score (nSPS) is 18.5. The number of nitrogens with two attached hydrogens (primary N) is 1. The van der Waals surface area contributed by atoms with Gasteiger partial charge in [0.2, 0.25) is 0 Å². The van der Waals surface area contributed by atoms with E-state index in [4.69, 9.17) is 5.73 Å². The van der Waals surface area contributed by atoms with Crippen molar-refractivity contribution in [3.8, 4) is 0 Å². The largest absolute Gasteiger partial charge is 0.326 e. The van der Waals surface area contributed by atoms with Crippen LogP contribution in [-0.2, 0) is 13.1 Å². The Morgan fingerprint density at radius 2 is 1.94 bits per heavy atom. The van der Waals surface area contributed by atoms with E-state index in [9.17, 15) is 4.39 Å². The Morgan fingerprint density at radius 1 is 1.24 bits per heavy atom. The Morgan fingerprint density at radius 3 is 2.59 bits per heavy atom. The summed E-state index contributed by atoms with van der Waals surface area (Å²) in [6.45, 7) is 5.27. The Labute approximate surface area is 102 Å². The number of halogens is 1. The van der Waals surface area contributed by atoms with E-state index in [0.717, 1.165) is 37.3 Å². The van der Waals surface area contributed by atoms with Crippen molar-refractivity contribution < 1.29 is 4.39 Å². The van der Waals surface area contributed by atoms with Gasteiger partial charge in [-0.25, -0.2) is 4.39 Å². The molecule has 0 spiro atoms. The van der Waals surface area contributed by atoms with Gasteiger partial charge in [-0.3, -0.25) is 4.90 Å². The van der Waals surface area contributed by atoms with Gasteiger partial charge in [0, 0.05) is 44.8 Å². The first-order chi connectivity index (χ1) is 8.19. The molecule has 1 heterocycles. The van der Waals surface area contributed by atoms with Crippen LogP contribution >= 0.6 is 0 Å². The van der Waals surface area contributed by atoms with Crippen LogP contribution in [0.3, 0.4) is 0 Å². The molecule has 0 radical (unpaired) electrons. The zero-order chi connectivity index (χ0) is 12.3. The molecule has 0 unspecified atom stereocenters. The molecule has 1 fully saturated rings. The number of likely N-dealkylation sites (N-methyl/N-ethyl adjacent to an activating group) is 1. The summed E-state index contributed by atoms with van der Waals surface area (Å²) in [5, 5.41) is 0. The molecule has 3 nitrogen and oxygen atoms in total. The quantitative estimate of drug-likeness (QED) is 0.852. The van der Waals surface area contributed by atoms with Crippen molar-refractivity contribution in [3.05, 3.63) is 35.1 Å². The molecule has 0 amide bonds. The van der Waals surface area contributed by atoms with Crippen molar-refractivity contribution in [1.29, 1.82) is 0 Å². The maximum atomic E-state index is 13.7. The van der Waals surface area contributed by atoms with E-state index in [2.05, 4.69) is 16.8 Å². The van der Waals surface area contributed by atoms with Gasteiger partial charge in [-0.1, -0.05) is 12.1 Å². The predicted molar refractivity (Wildman–Crippen MR) is 67.1 cm³/mol. The molecule has 0 aromatic heterocycles. The van der Waals surface area contributed by atoms with Crippen LogP contribution in [0, 0.1) is 5.82 Å². The molecule has 94 valence electrons. The standard InChI is InChI=1S/C13H20FN3/c1-16-4-6-17(7-5-16)10-12-8-11(9-15)2-3-13(12)14/h2-3,8H,4-7,9-10,15H2,1H3. The summed E-state index contributed by atoms with van der Waals surface area (Å²) in [5.41, 5.74) is 7.33. The van der Waals surface area contributed by atoms with Crippen molar-refractivity contribution in [3.63, 3.8) is 0 Å². The van der Waals surface area contributed by atoms with Crippen molar-refractivity contribution >= 4 is 0 Å². The first kappa shape index (κ1) is 12.5. The number of nitrogens with zero attached hydrogens (tertiary/aromatic N) is 2. The fourth-order valence-corrected chi connectivity index (χ4v) is 2.12. The first-order valence-electron chi connectivity index (χ1n) is 6.07. The molecule has 0 bridgehead atoms. The zero-order valence-corrected chi connectivity index (χ0v) is 10.3. The van der Waals surface area contributed by atoms with Gasteiger partial charge in [0.25, 0.3) is 0 Å². The van der Waals surface area contributed by atoms with Gasteiger partial charge in [0.05, 0.1) is 0 Å².